The molecule has 1 aliphatic heterocycles. The third-order valence-corrected chi connectivity index (χ3v) is 7.48. The van der Waals surface area contributed by atoms with Gasteiger partial charge in [0.05, 0.1) is 43.4 Å². The van der Waals surface area contributed by atoms with Crippen molar-refractivity contribution >= 4 is 29.9 Å². The molecule has 0 aliphatic carbocycles. The van der Waals surface area contributed by atoms with Gasteiger partial charge in [-0.05, 0) is 70.8 Å². The summed E-state index contributed by atoms with van der Waals surface area (Å²) >= 11 is 6.32. The minimum Gasteiger partial charge on any atom is -0.483 e. The number of fused-ring (bicyclic) bond motifs is 1. The number of pyridine rings is 1. The lowest BCUT2D eigenvalue weighted by atomic mass is 10.0. The number of anilines is 1. The van der Waals surface area contributed by atoms with E-state index in [-0.39, 0.29) is 24.7 Å². The summed E-state index contributed by atoms with van der Waals surface area (Å²) in [5.41, 5.74) is 5.25. The van der Waals surface area contributed by atoms with Crippen molar-refractivity contribution in [3.05, 3.63) is 94.0 Å². The van der Waals surface area contributed by atoms with Gasteiger partial charge in [0, 0.05) is 35.1 Å². The van der Waals surface area contributed by atoms with Crippen molar-refractivity contribution < 1.29 is 28.9 Å². The Balaban J connectivity index is 0.00000139. The molecule has 3 aromatic heterocycles. The number of ether oxygens (including phenoxy) is 3. The van der Waals surface area contributed by atoms with Crippen LogP contribution in [-0.4, -0.2) is 86.0 Å². The number of methoxy groups -OCH3 is 1. The highest BCUT2D eigenvalue weighted by molar-refractivity contribution is 6.31. The molecule has 1 aliphatic rings. The molecule has 0 radical (unpaired) electrons. The Labute approximate surface area is 273 Å². The zero-order chi connectivity index (χ0) is 33.2. The van der Waals surface area contributed by atoms with Crippen LogP contribution in [0.3, 0.4) is 0 Å². The molecule has 0 saturated carbocycles. The van der Waals surface area contributed by atoms with Crippen LogP contribution in [0.25, 0.3) is 28.1 Å². The summed E-state index contributed by atoms with van der Waals surface area (Å²) < 4.78 is 18.6. The van der Waals surface area contributed by atoms with Crippen molar-refractivity contribution in [3.8, 4) is 28.1 Å². The van der Waals surface area contributed by atoms with Crippen molar-refractivity contribution in [3.63, 3.8) is 0 Å². The molecule has 15 nitrogen and oxygen atoms in total. The molecular formula is C31H31ClN8O7. The van der Waals surface area contributed by atoms with E-state index < -0.39 is 6.09 Å². The van der Waals surface area contributed by atoms with E-state index in [4.69, 9.17) is 35.7 Å². The van der Waals surface area contributed by atoms with Gasteiger partial charge >= 0.3 is 6.09 Å². The molecule has 0 saturated heterocycles. The molecule has 0 spiro atoms. The second-order valence-corrected chi connectivity index (χ2v) is 10.6. The maximum Gasteiger partial charge on any atom is 0.411 e. The van der Waals surface area contributed by atoms with Crippen molar-refractivity contribution in [2.75, 3.05) is 38.9 Å². The highest BCUT2D eigenvalue weighted by atomic mass is 35.5. The number of hydrogen-bond acceptors (Lipinski definition) is 10. The second-order valence-electron chi connectivity index (χ2n) is 10.1. The number of H-pyrrole nitrogens is 1. The number of hydrogen-bond donors (Lipinski definition) is 3. The third-order valence-electron chi connectivity index (χ3n) is 7.25. The topological polar surface area (TPSA) is 188 Å². The molecule has 0 bridgehead atoms. The highest BCUT2D eigenvalue weighted by Gasteiger charge is 2.28. The summed E-state index contributed by atoms with van der Waals surface area (Å²) in [7, 11) is 1.59. The Kier molecular flexibility index (Phi) is 11.1. The van der Waals surface area contributed by atoms with Crippen LogP contribution in [-0.2, 0) is 25.4 Å². The number of rotatable bonds is 11. The number of nitrogens with zero attached hydrogens (tertiary/aromatic N) is 6. The lowest BCUT2D eigenvalue weighted by molar-refractivity contribution is -0.122. The van der Waals surface area contributed by atoms with Crippen molar-refractivity contribution in [2.24, 2.45) is 0 Å². The number of amides is 1. The van der Waals surface area contributed by atoms with Gasteiger partial charge in [-0.15, -0.1) is 5.10 Å². The predicted molar refractivity (Wildman–Crippen MR) is 171 cm³/mol. The molecule has 6 rings (SSSR count). The first-order valence-corrected chi connectivity index (χ1v) is 14.8. The minimum absolute atomic E-state index is 0.135. The Morgan fingerprint density at radius 1 is 1.11 bits per heavy atom. The lowest BCUT2D eigenvalue weighted by Crippen LogP contribution is -2.23. The van der Waals surface area contributed by atoms with Crippen LogP contribution in [0.15, 0.2) is 71.9 Å². The van der Waals surface area contributed by atoms with Crippen LogP contribution in [0.2, 0.25) is 5.02 Å². The number of carbonyl (C=O) groups excluding carboxylic acids is 1. The summed E-state index contributed by atoms with van der Waals surface area (Å²) in [4.78, 5) is 41.9. The van der Waals surface area contributed by atoms with Crippen molar-refractivity contribution in [1.29, 1.82) is 0 Å². The van der Waals surface area contributed by atoms with Crippen LogP contribution in [0, 0.1) is 0 Å². The van der Waals surface area contributed by atoms with Crippen LogP contribution in [0.1, 0.15) is 24.0 Å². The van der Waals surface area contributed by atoms with E-state index >= 15 is 0 Å². The second kappa shape index (κ2) is 15.8. The van der Waals surface area contributed by atoms with Crippen molar-refractivity contribution in [1.82, 2.24) is 34.7 Å². The maximum atomic E-state index is 13.5. The fraction of sp³-hybridized carbons (Fsp3) is 0.258. The number of tetrazole rings is 1. The van der Waals surface area contributed by atoms with Gasteiger partial charge in [0.1, 0.15) is 18.8 Å². The van der Waals surface area contributed by atoms with E-state index in [9.17, 15) is 9.59 Å². The maximum absolute atomic E-state index is 13.5. The average molecular weight is 663 g/mol. The highest BCUT2D eigenvalue weighted by Crippen LogP contribution is 2.34. The molecule has 2 aromatic carbocycles. The van der Waals surface area contributed by atoms with E-state index in [1.54, 1.807) is 52.9 Å². The van der Waals surface area contributed by atoms with Crippen LogP contribution < -0.4 is 10.9 Å². The first kappa shape index (κ1) is 33.0. The summed E-state index contributed by atoms with van der Waals surface area (Å²) in [5.74, 6) is 0.698. The first-order chi connectivity index (χ1) is 22.9. The van der Waals surface area contributed by atoms with E-state index in [1.165, 1.54) is 6.33 Å². The number of imidazole rings is 1. The Bertz CT molecular complexity index is 1860. The molecule has 0 fully saturated rings. The van der Waals surface area contributed by atoms with Crippen LogP contribution in [0.5, 0.6) is 0 Å². The molecule has 4 heterocycles. The van der Waals surface area contributed by atoms with Crippen LogP contribution >= 0.6 is 11.6 Å². The molecule has 1 atom stereocenters. The normalized spacial score (nSPS) is 13.4. The van der Waals surface area contributed by atoms with E-state index in [2.05, 4.69) is 30.8 Å². The lowest BCUT2D eigenvalue weighted by Gasteiger charge is -2.15. The SMILES string of the molecule is COCCOCCOC(=O)Nc1ccc(-c2cnc([C@@H]3CCc4cc(-c5cc(Cl)ccc5-n5cnnn5)cc(=O)n43)[nH]2)cc1.O=CO. The quantitative estimate of drug-likeness (QED) is 0.137. The van der Waals surface area contributed by atoms with E-state index in [1.807, 2.05) is 24.3 Å². The molecule has 1 amide bonds. The van der Waals surface area contributed by atoms with Crippen molar-refractivity contribution in [2.45, 2.75) is 18.9 Å². The number of nitrogens with one attached hydrogen (secondary N) is 2. The number of carbonyl (C=O) groups is 2. The Hall–Kier alpha value is -5.38. The zero-order valence-electron chi connectivity index (χ0n) is 25.2. The molecular weight excluding hydrogens is 632 g/mol. The van der Waals surface area contributed by atoms with Gasteiger partial charge < -0.3 is 28.9 Å². The smallest absolute Gasteiger partial charge is 0.411 e. The number of aromatic nitrogens is 7. The molecule has 5 aromatic rings. The largest absolute Gasteiger partial charge is 0.483 e. The molecule has 16 heteroatoms. The van der Waals surface area contributed by atoms with Gasteiger partial charge in [-0.1, -0.05) is 23.7 Å². The first-order valence-electron chi connectivity index (χ1n) is 14.4. The number of aryl methyl sites for hydroxylation is 1. The van der Waals surface area contributed by atoms with Gasteiger partial charge in [-0.25, -0.2) is 9.78 Å². The van der Waals surface area contributed by atoms with Gasteiger partial charge in [0.15, 0.2) is 0 Å². The monoisotopic (exact) mass is 662 g/mol. The Morgan fingerprint density at radius 2 is 1.89 bits per heavy atom. The summed E-state index contributed by atoms with van der Waals surface area (Å²) in [5, 5.41) is 21.6. The third kappa shape index (κ3) is 8.07. The predicted octanol–water partition coefficient (Wildman–Crippen LogP) is 3.98. The molecule has 3 N–H and O–H groups in total. The fourth-order valence-corrected chi connectivity index (χ4v) is 5.37. The molecule has 0 unspecified atom stereocenters. The van der Waals surface area contributed by atoms with E-state index in [0.29, 0.717) is 42.8 Å². The number of benzene rings is 2. The van der Waals surface area contributed by atoms with Gasteiger partial charge in [0.2, 0.25) is 0 Å². The van der Waals surface area contributed by atoms with Gasteiger partial charge in [0.25, 0.3) is 12.0 Å². The molecule has 47 heavy (non-hydrogen) atoms. The Morgan fingerprint density at radius 3 is 2.64 bits per heavy atom. The average Bonchev–Trinajstić information content (AvgIpc) is 3.85. The van der Waals surface area contributed by atoms with Gasteiger partial charge in [-0.2, -0.15) is 4.68 Å². The zero-order valence-corrected chi connectivity index (χ0v) is 26.0. The van der Waals surface area contributed by atoms with Gasteiger partial charge in [-0.3, -0.25) is 14.9 Å². The van der Waals surface area contributed by atoms with Crippen LogP contribution in [0.4, 0.5) is 10.5 Å². The molecule has 244 valence electrons. The standard InChI is InChI=1S/C30H29ClN8O5.CH2O2/c1-42-10-11-43-12-13-44-30(41)34-22-5-2-19(3-6-22)25-17-32-29(35-25)27-9-7-23-14-20(15-28(40)39(23)27)24-16-21(31)4-8-26(24)38-18-33-36-37-38;2-1-3/h2-6,8,14-18,27H,7,9-13H2,1H3,(H,32,35)(H,34,41);1H,(H,2,3)/t27-;/m0./s1. The summed E-state index contributed by atoms with van der Waals surface area (Å²) in [6, 6.07) is 16.1. The van der Waals surface area contributed by atoms with E-state index in [0.717, 1.165) is 40.2 Å². The number of carboxylic acid groups (broad SMARTS) is 1. The fourth-order valence-electron chi connectivity index (χ4n) is 5.20. The summed E-state index contributed by atoms with van der Waals surface area (Å²) in [6.07, 6.45) is 4.12. The number of aromatic amines is 1. The number of halogens is 1. The summed E-state index contributed by atoms with van der Waals surface area (Å²) in [6.45, 7) is 1.11. The minimum atomic E-state index is -0.563.